The van der Waals surface area contributed by atoms with Gasteiger partial charge in [0.25, 0.3) is 0 Å². The first-order valence-electron chi connectivity index (χ1n) is 4.54. The van der Waals surface area contributed by atoms with Crippen molar-refractivity contribution in [1.29, 1.82) is 0 Å². The van der Waals surface area contributed by atoms with E-state index in [1.807, 2.05) is 13.8 Å². The Morgan fingerprint density at radius 3 is 2.69 bits per heavy atom. The molecule has 1 heterocycles. The molecule has 0 aromatic rings. The van der Waals surface area contributed by atoms with E-state index in [0.717, 1.165) is 0 Å². The predicted octanol–water partition coefficient (Wildman–Crippen LogP) is 1.20. The molecule has 0 spiro atoms. The lowest BCUT2D eigenvalue weighted by molar-refractivity contribution is -0.136. The molecule has 0 bridgehead atoms. The highest BCUT2D eigenvalue weighted by Crippen LogP contribution is 2.21. The van der Waals surface area contributed by atoms with E-state index in [4.69, 9.17) is 0 Å². The first kappa shape index (κ1) is 9.96. The lowest BCUT2D eigenvalue weighted by Gasteiger charge is -2.11. The van der Waals surface area contributed by atoms with Crippen LogP contribution in [-0.4, -0.2) is 23.1 Å². The molecule has 1 aliphatic heterocycles. The summed E-state index contributed by atoms with van der Waals surface area (Å²) in [6.07, 6.45) is 2.14. The second kappa shape index (κ2) is 3.73. The zero-order valence-corrected chi connectivity index (χ0v) is 8.12. The summed E-state index contributed by atoms with van der Waals surface area (Å²) in [6, 6.07) is 0. The van der Waals surface area contributed by atoms with E-state index in [2.05, 4.69) is 6.58 Å². The third-order valence-corrected chi connectivity index (χ3v) is 2.37. The molecule has 0 aliphatic carbocycles. The first-order chi connectivity index (χ1) is 6.07. The molecule has 13 heavy (non-hydrogen) atoms. The number of rotatable bonds is 3. The van der Waals surface area contributed by atoms with Crippen LogP contribution in [0, 0.1) is 11.8 Å². The van der Waals surface area contributed by atoms with Crippen molar-refractivity contribution in [2.45, 2.75) is 20.3 Å². The summed E-state index contributed by atoms with van der Waals surface area (Å²) < 4.78 is 0. The second-order valence-electron chi connectivity index (χ2n) is 3.61. The topological polar surface area (TPSA) is 37.4 Å². The summed E-state index contributed by atoms with van der Waals surface area (Å²) in [5, 5.41) is 0. The molecule has 1 amide bonds. The zero-order chi connectivity index (χ0) is 10.0. The van der Waals surface area contributed by atoms with Gasteiger partial charge in [-0.3, -0.25) is 9.59 Å². The molecular weight excluding hydrogens is 166 g/mol. The average molecular weight is 181 g/mol. The van der Waals surface area contributed by atoms with Crippen LogP contribution in [0.2, 0.25) is 0 Å². The van der Waals surface area contributed by atoms with Gasteiger partial charge in [-0.1, -0.05) is 20.4 Å². The molecule has 1 rings (SSSR count). The predicted molar refractivity (Wildman–Crippen MR) is 49.9 cm³/mol. The Bertz CT molecular complexity index is 245. The van der Waals surface area contributed by atoms with E-state index in [9.17, 15) is 9.59 Å². The average Bonchev–Trinajstić information content (AvgIpc) is 2.45. The molecule has 1 atom stereocenters. The Kier molecular flexibility index (Phi) is 2.86. The summed E-state index contributed by atoms with van der Waals surface area (Å²) in [4.78, 5) is 24.6. The van der Waals surface area contributed by atoms with Crippen molar-refractivity contribution in [3.63, 3.8) is 0 Å². The molecular formula is C10H15NO2. The van der Waals surface area contributed by atoms with Gasteiger partial charge >= 0.3 is 0 Å². The number of amides is 1. The quantitative estimate of drug-likeness (QED) is 0.613. The molecule has 0 aromatic heterocycles. The van der Waals surface area contributed by atoms with Gasteiger partial charge < -0.3 is 4.90 Å². The highest BCUT2D eigenvalue weighted by atomic mass is 16.2. The van der Waals surface area contributed by atoms with Crippen LogP contribution in [0.4, 0.5) is 0 Å². The maximum absolute atomic E-state index is 11.5. The molecule has 0 N–H and O–H groups in total. The first-order valence-corrected chi connectivity index (χ1v) is 4.54. The van der Waals surface area contributed by atoms with E-state index in [-0.39, 0.29) is 17.6 Å². The maximum atomic E-state index is 11.5. The molecule has 3 nitrogen and oxygen atoms in total. The highest BCUT2D eigenvalue weighted by Gasteiger charge is 2.36. The van der Waals surface area contributed by atoms with E-state index in [1.54, 1.807) is 0 Å². The van der Waals surface area contributed by atoms with Gasteiger partial charge in [0.05, 0.1) is 5.92 Å². The zero-order valence-electron chi connectivity index (χ0n) is 8.12. The Hall–Kier alpha value is -1.12. The van der Waals surface area contributed by atoms with Crippen molar-refractivity contribution in [1.82, 2.24) is 4.90 Å². The fourth-order valence-corrected chi connectivity index (χ4v) is 1.55. The highest BCUT2D eigenvalue weighted by molar-refractivity contribution is 6.03. The second-order valence-corrected chi connectivity index (χ2v) is 3.61. The van der Waals surface area contributed by atoms with Crippen molar-refractivity contribution < 1.29 is 9.59 Å². The fourth-order valence-electron chi connectivity index (χ4n) is 1.55. The number of hydrogen-bond acceptors (Lipinski definition) is 2. The molecule has 0 aromatic carbocycles. The van der Waals surface area contributed by atoms with Crippen LogP contribution < -0.4 is 0 Å². The number of hydrogen-bond donors (Lipinski definition) is 0. The maximum Gasteiger partial charge on any atom is 0.237 e. The van der Waals surface area contributed by atoms with Crippen molar-refractivity contribution in [3.05, 3.63) is 12.8 Å². The number of nitrogens with zero attached hydrogens (tertiary/aromatic N) is 1. The third-order valence-electron chi connectivity index (χ3n) is 2.37. The van der Waals surface area contributed by atoms with Gasteiger partial charge in [-0.05, 0) is 12.6 Å². The lowest BCUT2D eigenvalue weighted by Crippen LogP contribution is -2.28. The van der Waals surface area contributed by atoms with E-state index >= 15 is 0 Å². The standard InChI is InChI=1S/C10H15NO2/c1-4-11-6-5-8(10(11)13)9(12)7(2)3/h4,7-8H,1,5-6H2,2-3H3. The number of Topliss-reactive ketones (excluding diaryl/α,β-unsaturated/α-hetero) is 1. The summed E-state index contributed by atoms with van der Waals surface area (Å²) in [6.45, 7) is 7.81. The van der Waals surface area contributed by atoms with Gasteiger partial charge in [0, 0.05) is 12.5 Å². The summed E-state index contributed by atoms with van der Waals surface area (Å²) in [7, 11) is 0. The van der Waals surface area contributed by atoms with Crippen LogP contribution in [-0.2, 0) is 9.59 Å². The van der Waals surface area contributed by atoms with Crippen molar-refractivity contribution in [3.8, 4) is 0 Å². The molecule has 0 radical (unpaired) electrons. The molecule has 1 aliphatic rings. The van der Waals surface area contributed by atoms with Gasteiger partial charge in [0.1, 0.15) is 5.78 Å². The Labute approximate surface area is 78.4 Å². The minimum Gasteiger partial charge on any atom is -0.319 e. The number of likely N-dealkylation sites (tertiary alicyclic amines) is 1. The fraction of sp³-hybridized carbons (Fsp3) is 0.600. The van der Waals surface area contributed by atoms with Gasteiger partial charge in [-0.15, -0.1) is 0 Å². The van der Waals surface area contributed by atoms with Crippen molar-refractivity contribution in [2.24, 2.45) is 11.8 Å². The van der Waals surface area contributed by atoms with Crippen LogP contribution in [0.25, 0.3) is 0 Å². The van der Waals surface area contributed by atoms with Crippen molar-refractivity contribution >= 4 is 11.7 Å². The molecule has 1 fully saturated rings. The Balaban J connectivity index is 2.70. The van der Waals surface area contributed by atoms with Gasteiger partial charge in [-0.25, -0.2) is 0 Å². The largest absolute Gasteiger partial charge is 0.319 e. The van der Waals surface area contributed by atoms with Gasteiger partial charge in [-0.2, -0.15) is 0 Å². The van der Waals surface area contributed by atoms with Crippen LogP contribution >= 0.6 is 0 Å². The Morgan fingerprint density at radius 2 is 2.31 bits per heavy atom. The third kappa shape index (κ3) is 1.79. The van der Waals surface area contributed by atoms with Gasteiger partial charge in [0.2, 0.25) is 5.91 Å². The van der Waals surface area contributed by atoms with Crippen LogP contribution in [0.5, 0.6) is 0 Å². The normalized spacial score (nSPS) is 22.5. The minimum absolute atomic E-state index is 0.0503. The Morgan fingerprint density at radius 1 is 1.69 bits per heavy atom. The van der Waals surface area contributed by atoms with Crippen LogP contribution in [0.1, 0.15) is 20.3 Å². The number of carbonyl (C=O) groups is 2. The molecule has 3 heteroatoms. The van der Waals surface area contributed by atoms with Crippen LogP contribution in [0.3, 0.4) is 0 Å². The number of carbonyl (C=O) groups excluding carboxylic acids is 2. The molecule has 1 unspecified atom stereocenters. The summed E-state index contributed by atoms with van der Waals surface area (Å²) in [5.74, 6) is -0.514. The molecule has 1 saturated heterocycles. The monoisotopic (exact) mass is 181 g/mol. The van der Waals surface area contributed by atoms with E-state index < -0.39 is 5.92 Å². The lowest BCUT2D eigenvalue weighted by atomic mass is 9.94. The smallest absolute Gasteiger partial charge is 0.237 e. The van der Waals surface area contributed by atoms with Gasteiger partial charge in [0.15, 0.2) is 0 Å². The molecule has 72 valence electrons. The SMILES string of the molecule is C=CN1CCC(C(=O)C(C)C)C1=O. The van der Waals surface area contributed by atoms with E-state index in [0.29, 0.717) is 13.0 Å². The summed E-state index contributed by atoms with van der Waals surface area (Å²) in [5.41, 5.74) is 0. The number of ketones is 1. The minimum atomic E-state index is -0.419. The van der Waals surface area contributed by atoms with E-state index in [1.165, 1.54) is 11.1 Å². The van der Waals surface area contributed by atoms with Crippen LogP contribution in [0.15, 0.2) is 12.8 Å². The summed E-state index contributed by atoms with van der Waals surface area (Å²) >= 11 is 0. The molecule has 0 saturated carbocycles. The van der Waals surface area contributed by atoms with Crippen molar-refractivity contribution in [2.75, 3.05) is 6.54 Å².